The Morgan fingerprint density at radius 2 is 2.11 bits per heavy atom. The van der Waals surface area contributed by atoms with Gasteiger partial charge in [-0.05, 0) is 51.4 Å². The standard InChI is InChI=1S/C21H28N4O3/c1-3-25(4-2)21(26)16-6-5-9-24(12-16)13-17-11-22-23-20(17)15-7-8-18-19(10-15)28-14-27-18/h7-8,10-11,16H,3-6,9,12-14H2,1-2H3,(H,22,23). The number of aromatic nitrogens is 2. The third kappa shape index (κ3) is 3.71. The van der Waals surface area contributed by atoms with Crippen molar-refractivity contribution in [2.24, 2.45) is 5.92 Å². The van der Waals surface area contributed by atoms with Crippen LogP contribution in [-0.4, -0.2) is 58.9 Å². The molecule has 0 bridgehead atoms. The van der Waals surface area contributed by atoms with Gasteiger partial charge in [-0.1, -0.05) is 0 Å². The van der Waals surface area contributed by atoms with Crippen LogP contribution in [0, 0.1) is 5.92 Å². The van der Waals surface area contributed by atoms with Crippen LogP contribution >= 0.6 is 0 Å². The van der Waals surface area contributed by atoms with Gasteiger partial charge in [-0.15, -0.1) is 0 Å². The van der Waals surface area contributed by atoms with Crippen molar-refractivity contribution in [3.8, 4) is 22.8 Å². The third-order valence-electron chi connectivity index (χ3n) is 5.70. The van der Waals surface area contributed by atoms with E-state index < -0.39 is 0 Å². The van der Waals surface area contributed by atoms with Gasteiger partial charge in [0.25, 0.3) is 0 Å². The van der Waals surface area contributed by atoms with Crippen LogP contribution in [0.3, 0.4) is 0 Å². The molecule has 0 aliphatic carbocycles. The zero-order valence-corrected chi connectivity index (χ0v) is 16.6. The van der Waals surface area contributed by atoms with E-state index >= 15 is 0 Å². The second-order valence-electron chi connectivity index (χ2n) is 7.42. The summed E-state index contributed by atoms with van der Waals surface area (Å²) in [4.78, 5) is 17.1. The van der Waals surface area contributed by atoms with Gasteiger partial charge in [0.2, 0.25) is 12.7 Å². The number of benzene rings is 1. The highest BCUT2D eigenvalue weighted by molar-refractivity contribution is 5.79. The normalized spacial score (nSPS) is 19.0. The molecule has 7 nitrogen and oxygen atoms in total. The van der Waals surface area contributed by atoms with E-state index in [9.17, 15) is 4.79 Å². The lowest BCUT2D eigenvalue weighted by Crippen LogP contribution is -2.44. The highest BCUT2D eigenvalue weighted by atomic mass is 16.7. The van der Waals surface area contributed by atoms with Crippen LogP contribution < -0.4 is 9.47 Å². The van der Waals surface area contributed by atoms with Crippen molar-refractivity contribution in [2.45, 2.75) is 33.2 Å². The largest absolute Gasteiger partial charge is 0.454 e. The summed E-state index contributed by atoms with van der Waals surface area (Å²) in [5.41, 5.74) is 3.16. The number of likely N-dealkylation sites (tertiary alicyclic amines) is 1. The van der Waals surface area contributed by atoms with Crippen LogP contribution in [0.25, 0.3) is 11.3 Å². The molecule has 2 aliphatic rings. The van der Waals surface area contributed by atoms with Crippen molar-refractivity contribution in [2.75, 3.05) is 33.0 Å². The summed E-state index contributed by atoms with van der Waals surface area (Å²) in [5.74, 6) is 1.92. The molecule has 1 N–H and O–H groups in total. The predicted octanol–water partition coefficient (Wildman–Crippen LogP) is 2.89. The Hall–Kier alpha value is -2.54. The number of hydrogen-bond donors (Lipinski definition) is 1. The number of H-pyrrole nitrogens is 1. The number of rotatable bonds is 6. The first-order valence-electron chi connectivity index (χ1n) is 10.1. The SMILES string of the molecule is CCN(CC)C(=O)C1CCCN(Cc2cn[nH]c2-c2ccc3c(c2)OCO3)C1. The van der Waals surface area contributed by atoms with Gasteiger partial charge in [-0.2, -0.15) is 5.10 Å². The molecule has 28 heavy (non-hydrogen) atoms. The third-order valence-corrected chi connectivity index (χ3v) is 5.70. The molecule has 1 atom stereocenters. The molecule has 2 aliphatic heterocycles. The quantitative estimate of drug-likeness (QED) is 0.829. The lowest BCUT2D eigenvalue weighted by atomic mass is 9.95. The van der Waals surface area contributed by atoms with Gasteiger partial charge in [0.15, 0.2) is 11.5 Å². The van der Waals surface area contributed by atoms with Gasteiger partial charge in [-0.25, -0.2) is 0 Å². The molecule has 0 radical (unpaired) electrons. The van der Waals surface area contributed by atoms with Crippen LogP contribution in [0.4, 0.5) is 0 Å². The summed E-state index contributed by atoms with van der Waals surface area (Å²) >= 11 is 0. The van der Waals surface area contributed by atoms with E-state index in [0.717, 1.165) is 73.9 Å². The Labute approximate surface area is 165 Å². The van der Waals surface area contributed by atoms with Crippen molar-refractivity contribution < 1.29 is 14.3 Å². The summed E-state index contributed by atoms with van der Waals surface area (Å²) in [6.07, 6.45) is 3.91. The lowest BCUT2D eigenvalue weighted by molar-refractivity contribution is -0.137. The number of hydrogen-bond acceptors (Lipinski definition) is 5. The number of carbonyl (C=O) groups excluding carboxylic acids is 1. The number of aromatic amines is 1. The van der Waals surface area contributed by atoms with Gasteiger partial charge in [0.05, 0.1) is 17.8 Å². The molecule has 7 heteroatoms. The van der Waals surface area contributed by atoms with Gasteiger partial charge in [0.1, 0.15) is 0 Å². The van der Waals surface area contributed by atoms with Crippen LogP contribution in [0.2, 0.25) is 0 Å². The number of piperidine rings is 1. The van der Waals surface area contributed by atoms with Crippen molar-refractivity contribution >= 4 is 5.91 Å². The first-order valence-corrected chi connectivity index (χ1v) is 10.1. The zero-order valence-electron chi connectivity index (χ0n) is 16.6. The number of nitrogens with one attached hydrogen (secondary N) is 1. The molecule has 1 aromatic heterocycles. The Bertz CT molecular complexity index is 831. The second kappa shape index (κ2) is 8.22. The van der Waals surface area contributed by atoms with Crippen molar-refractivity contribution in [1.82, 2.24) is 20.0 Å². The Morgan fingerprint density at radius 1 is 1.29 bits per heavy atom. The van der Waals surface area contributed by atoms with E-state index in [4.69, 9.17) is 9.47 Å². The molecule has 1 unspecified atom stereocenters. The highest BCUT2D eigenvalue weighted by Gasteiger charge is 2.29. The fourth-order valence-corrected chi connectivity index (χ4v) is 4.17. The van der Waals surface area contributed by atoms with Crippen molar-refractivity contribution in [3.05, 3.63) is 30.0 Å². The molecule has 1 amide bonds. The van der Waals surface area contributed by atoms with Crippen LogP contribution in [0.1, 0.15) is 32.3 Å². The van der Waals surface area contributed by atoms with E-state index in [1.807, 2.05) is 43.1 Å². The first kappa shape index (κ1) is 18.8. The maximum Gasteiger partial charge on any atom is 0.231 e. The van der Waals surface area contributed by atoms with Gasteiger partial charge >= 0.3 is 0 Å². The minimum Gasteiger partial charge on any atom is -0.454 e. The van der Waals surface area contributed by atoms with Crippen molar-refractivity contribution in [1.29, 1.82) is 0 Å². The zero-order chi connectivity index (χ0) is 19.5. The van der Waals surface area contributed by atoms with E-state index in [0.29, 0.717) is 0 Å². The van der Waals surface area contributed by atoms with Gasteiger partial charge in [-0.3, -0.25) is 14.8 Å². The van der Waals surface area contributed by atoms with Gasteiger partial charge in [0, 0.05) is 37.3 Å². The molecule has 4 rings (SSSR count). The number of nitrogens with zero attached hydrogens (tertiary/aromatic N) is 3. The minimum absolute atomic E-state index is 0.0922. The lowest BCUT2D eigenvalue weighted by Gasteiger charge is -2.34. The van der Waals surface area contributed by atoms with E-state index in [-0.39, 0.29) is 18.6 Å². The molecule has 2 aromatic rings. The van der Waals surface area contributed by atoms with Crippen LogP contribution in [-0.2, 0) is 11.3 Å². The number of carbonyl (C=O) groups is 1. The molecule has 1 fully saturated rings. The summed E-state index contributed by atoms with van der Waals surface area (Å²) < 4.78 is 10.9. The molecular weight excluding hydrogens is 356 g/mol. The Balaban J connectivity index is 1.47. The summed E-state index contributed by atoms with van der Waals surface area (Å²) in [7, 11) is 0. The maximum atomic E-state index is 12.8. The molecular formula is C21H28N4O3. The number of ether oxygens (including phenoxy) is 2. The molecule has 3 heterocycles. The smallest absolute Gasteiger partial charge is 0.231 e. The first-order chi connectivity index (χ1) is 13.7. The Kier molecular flexibility index (Phi) is 5.52. The Morgan fingerprint density at radius 3 is 2.93 bits per heavy atom. The molecule has 0 spiro atoms. The predicted molar refractivity (Wildman–Crippen MR) is 106 cm³/mol. The fraction of sp³-hybridized carbons (Fsp3) is 0.524. The van der Waals surface area contributed by atoms with Crippen LogP contribution in [0.15, 0.2) is 24.4 Å². The molecule has 0 saturated carbocycles. The van der Waals surface area contributed by atoms with Crippen molar-refractivity contribution in [3.63, 3.8) is 0 Å². The maximum absolute atomic E-state index is 12.8. The average Bonchev–Trinajstić information content (AvgIpc) is 3.37. The second-order valence-corrected chi connectivity index (χ2v) is 7.42. The summed E-state index contributed by atoms with van der Waals surface area (Å²) in [6, 6.07) is 5.94. The highest BCUT2D eigenvalue weighted by Crippen LogP contribution is 2.36. The topological polar surface area (TPSA) is 70.7 Å². The summed E-state index contributed by atoms with van der Waals surface area (Å²) in [6.45, 7) is 8.52. The van der Waals surface area contributed by atoms with Gasteiger partial charge < -0.3 is 14.4 Å². The van der Waals surface area contributed by atoms with E-state index in [1.54, 1.807) is 0 Å². The minimum atomic E-state index is 0.0922. The average molecular weight is 384 g/mol. The van der Waals surface area contributed by atoms with E-state index in [1.165, 1.54) is 0 Å². The summed E-state index contributed by atoms with van der Waals surface area (Å²) in [5, 5.41) is 7.39. The number of fused-ring (bicyclic) bond motifs is 1. The molecule has 150 valence electrons. The molecule has 1 saturated heterocycles. The monoisotopic (exact) mass is 384 g/mol. The number of amides is 1. The molecule has 1 aromatic carbocycles. The van der Waals surface area contributed by atoms with E-state index in [2.05, 4.69) is 15.1 Å². The van der Waals surface area contributed by atoms with Crippen LogP contribution in [0.5, 0.6) is 11.5 Å². The fourth-order valence-electron chi connectivity index (χ4n) is 4.17.